The number of fused-ring (bicyclic) bond motifs is 1. The molecule has 17 heavy (non-hydrogen) atoms. The highest BCUT2D eigenvalue weighted by molar-refractivity contribution is 5.89. The molecule has 7 heteroatoms. The summed E-state index contributed by atoms with van der Waals surface area (Å²) in [6, 6.07) is 1.25. The zero-order valence-electron chi connectivity index (χ0n) is 9.80. The van der Waals surface area contributed by atoms with Crippen molar-refractivity contribution in [2.45, 2.75) is 26.8 Å². The summed E-state index contributed by atoms with van der Waals surface area (Å²) >= 11 is 0. The molecule has 1 atom stereocenters. The molecule has 0 amide bonds. The van der Waals surface area contributed by atoms with Crippen LogP contribution in [0.5, 0.6) is 0 Å². The number of anilines is 1. The molecule has 0 radical (unpaired) electrons. The fourth-order valence-corrected chi connectivity index (χ4v) is 1.60. The first-order valence-corrected chi connectivity index (χ1v) is 5.10. The van der Waals surface area contributed by atoms with Gasteiger partial charge in [-0.05, 0) is 5.41 Å². The van der Waals surface area contributed by atoms with Gasteiger partial charge in [-0.2, -0.15) is 15.1 Å². The molecular formula is C10H12N6O. The van der Waals surface area contributed by atoms with Crippen molar-refractivity contribution >= 4 is 17.5 Å². The number of carbonyl (C=O) groups is 1. The minimum atomic E-state index is -0.610. The Kier molecular flexibility index (Phi) is 2.24. The molecule has 0 spiro atoms. The SMILES string of the molecule is CC(C)(C)C1N=Nc2c(C#N)c(N)nn2C1=O. The lowest BCUT2D eigenvalue weighted by Crippen LogP contribution is -2.38. The zero-order chi connectivity index (χ0) is 12.8. The van der Waals surface area contributed by atoms with E-state index in [1.807, 2.05) is 26.8 Å². The van der Waals surface area contributed by atoms with Crippen LogP contribution < -0.4 is 5.73 Å². The molecule has 0 aliphatic carbocycles. The smallest absolute Gasteiger partial charge is 0.276 e. The Morgan fingerprint density at radius 2 is 2.12 bits per heavy atom. The monoisotopic (exact) mass is 232 g/mol. The van der Waals surface area contributed by atoms with Gasteiger partial charge in [0.2, 0.25) is 5.82 Å². The van der Waals surface area contributed by atoms with E-state index in [4.69, 9.17) is 11.0 Å². The summed E-state index contributed by atoms with van der Waals surface area (Å²) in [5.74, 6) is -0.185. The fraction of sp³-hybridized carbons (Fsp3) is 0.500. The van der Waals surface area contributed by atoms with E-state index in [9.17, 15) is 4.79 Å². The van der Waals surface area contributed by atoms with Gasteiger partial charge in [0, 0.05) is 0 Å². The van der Waals surface area contributed by atoms with Crippen LogP contribution in [0.3, 0.4) is 0 Å². The summed E-state index contributed by atoms with van der Waals surface area (Å²) in [6.45, 7) is 5.66. The Hall–Kier alpha value is -2.23. The van der Waals surface area contributed by atoms with Crippen LogP contribution in [0, 0.1) is 16.7 Å². The molecule has 0 saturated heterocycles. The van der Waals surface area contributed by atoms with Gasteiger partial charge in [-0.1, -0.05) is 20.8 Å². The average Bonchev–Trinajstić information content (AvgIpc) is 2.53. The first-order valence-electron chi connectivity index (χ1n) is 5.10. The molecule has 7 nitrogen and oxygen atoms in total. The largest absolute Gasteiger partial charge is 0.381 e. The van der Waals surface area contributed by atoms with Gasteiger partial charge in [0.25, 0.3) is 5.91 Å². The Morgan fingerprint density at radius 3 is 2.65 bits per heavy atom. The minimum Gasteiger partial charge on any atom is -0.381 e. The fourth-order valence-electron chi connectivity index (χ4n) is 1.60. The highest BCUT2D eigenvalue weighted by atomic mass is 16.2. The predicted molar refractivity (Wildman–Crippen MR) is 59.7 cm³/mol. The molecule has 0 aromatic carbocycles. The first kappa shape index (κ1) is 11.3. The lowest BCUT2D eigenvalue weighted by Gasteiger charge is -2.26. The molecule has 1 aromatic rings. The van der Waals surface area contributed by atoms with Crippen molar-refractivity contribution < 1.29 is 4.79 Å². The van der Waals surface area contributed by atoms with Crippen LogP contribution in [0.1, 0.15) is 31.1 Å². The van der Waals surface area contributed by atoms with Crippen molar-refractivity contribution in [1.82, 2.24) is 9.78 Å². The average molecular weight is 232 g/mol. The van der Waals surface area contributed by atoms with Crippen molar-refractivity contribution in [3.63, 3.8) is 0 Å². The van der Waals surface area contributed by atoms with Crippen LogP contribution >= 0.6 is 0 Å². The summed E-state index contributed by atoms with van der Waals surface area (Å²) < 4.78 is 1.07. The van der Waals surface area contributed by atoms with Crippen LogP contribution in [0.2, 0.25) is 0 Å². The number of nitrogens with two attached hydrogens (primary N) is 1. The van der Waals surface area contributed by atoms with Crippen molar-refractivity contribution in [2.24, 2.45) is 15.6 Å². The third-order valence-electron chi connectivity index (χ3n) is 2.53. The summed E-state index contributed by atoms with van der Waals surface area (Å²) in [6.07, 6.45) is 0. The van der Waals surface area contributed by atoms with Crippen LogP contribution in [0.25, 0.3) is 0 Å². The van der Waals surface area contributed by atoms with Gasteiger partial charge in [-0.15, -0.1) is 10.2 Å². The first-order chi connectivity index (χ1) is 7.86. The van der Waals surface area contributed by atoms with Crippen molar-refractivity contribution in [3.8, 4) is 6.07 Å². The zero-order valence-corrected chi connectivity index (χ0v) is 9.80. The lowest BCUT2D eigenvalue weighted by molar-refractivity contribution is 0.0786. The van der Waals surface area contributed by atoms with Crippen LogP contribution in [-0.2, 0) is 0 Å². The van der Waals surface area contributed by atoms with E-state index >= 15 is 0 Å². The second-order valence-electron chi connectivity index (χ2n) is 4.93. The normalized spacial score (nSPS) is 18.9. The van der Waals surface area contributed by atoms with E-state index in [1.165, 1.54) is 0 Å². The van der Waals surface area contributed by atoms with E-state index in [1.54, 1.807) is 0 Å². The summed E-state index contributed by atoms with van der Waals surface area (Å²) in [4.78, 5) is 12.1. The molecule has 0 bridgehead atoms. The lowest BCUT2D eigenvalue weighted by atomic mass is 9.86. The third-order valence-corrected chi connectivity index (χ3v) is 2.53. The molecule has 0 saturated carbocycles. The molecular weight excluding hydrogens is 220 g/mol. The number of azo groups is 1. The third kappa shape index (κ3) is 1.58. The van der Waals surface area contributed by atoms with E-state index < -0.39 is 6.04 Å². The predicted octanol–water partition coefficient (Wildman–Crippen LogP) is 1.49. The highest BCUT2D eigenvalue weighted by Gasteiger charge is 2.38. The number of carbonyl (C=O) groups excluding carboxylic acids is 1. The molecule has 2 N–H and O–H groups in total. The molecule has 1 aliphatic rings. The van der Waals surface area contributed by atoms with Gasteiger partial charge < -0.3 is 5.73 Å². The van der Waals surface area contributed by atoms with Gasteiger partial charge in [0.15, 0.2) is 11.9 Å². The summed E-state index contributed by atoms with van der Waals surface area (Å²) in [5.41, 5.74) is 5.28. The Morgan fingerprint density at radius 1 is 1.47 bits per heavy atom. The Balaban J connectivity index is 2.56. The Bertz CT molecular complexity index is 557. The second-order valence-corrected chi connectivity index (χ2v) is 4.93. The standard InChI is InChI=1S/C10H12N6O/c1-10(2,3)6-9(17)16-8(14-13-6)5(4-11)7(12)15-16/h6H,1-3H3,(H2,12,15). The topological polar surface area (TPSA) is 109 Å². The number of nitrogen functional groups attached to an aromatic ring is 1. The number of nitrogens with zero attached hydrogens (tertiary/aromatic N) is 5. The minimum absolute atomic E-state index is 0.00404. The molecule has 0 fully saturated rings. The van der Waals surface area contributed by atoms with Crippen LogP contribution in [-0.4, -0.2) is 21.7 Å². The summed E-state index contributed by atoms with van der Waals surface area (Å²) in [5, 5.41) is 20.6. The van der Waals surface area contributed by atoms with Crippen LogP contribution in [0.15, 0.2) is 10.2 Å². The van der Waals surface area contributed by atoms with Crippen molar-refractivity contribution in [1.29, 1.82) is 5.26 Å². The quantitative estimate of drug-likeness (QED) is 0.730. The molecule has 1 aliphatic heterocycles. The van der Waals surface area contributed by atoms with Crippen molar-refractivity contribution in [2.75, 3.05) is 5.73 Å². The summed E-state index contributed by atoms with van der Waals surface area (Å²) in [7, 11) is 0. The van der Waals surface area contributed by atoms with E-state index in [2.05, 4.69) is 15.3 Å². The molecule has 2 heterocycles. The maximum atomic E-state index is 12.1. The maximum Gasteiger partial charge on any atom is 0.276 e. The molecule has 1 unspecified atom stereocenters. The maximum absolute atomic E-state index is 12.1. The Labute approximate surface area is 97.9 Å². The number of aromatic nitrogens is 2. The number of rotatable bonds is 0. The molecule has 1 aromatic heterocycles. The van der Waals surface area contributed by atoms with Gasteiger partial charge in [-0.25, -0.2) is 0 Å². The van der Waals surface area contributed by atoms with E-state index in [0.717, 1.165) is 4.68 Å². The molecule has 88 valence electrons. The van der Waals surface area contributed by atoms with E-state index in [0.29, 0.717) is 0 Å². The van der Waals surface area contributed by atoms with Gasteiger partial charge in [-0.3, -0.25) is 4.79 Å². The van der Waals surface area contributed by atoms with E-state index in [-0.39, 0.29) is 28.5 Å². The van der Waals surface area contributed by atoms with Gasteiger partial charge in [0.05, 0.1) is 0 Å². The second kappa shape index (κ2) is 3.38. The highest BCUT2D eigenvalue weighted by Crippen LogP contribution is 2.33. The van der Waals surface area contributed by atoms with Gasteiger partial charge >= 0.3 is 0 Å². The molecule has 2 rings (SSSR count). The van der Waals surface area contributed by atoms with Crippen LogP contribution in [0.4, 0.5) is 11.6 Å². The number of nitriles is 1. The number of hydrogen-bond acceptors (Lipinski definition) is 6. The van der Waals surface area contributed by atoms with Gasteiger partial charge in [0.1, 0.15) is 11.6 Å². The number of hydrogen-bond donors (Lipinski definition) is 1. The van der Waals surface area contributed by atoms with Crippen molar-refractivity contribution in [3.05, 3.63) is 5.56 Å².